The number of nitrogens with zero attached hydrogens (tertiary/aromatic N) is 1. The first-order valence-electron chi connectivity index (χ1n) is 7.36. The predicted molar refractivity (Wildman–Crippen MR) is 80.9 cm³/mol. The van der Waals surface area contributed by atoms with Gasteiger partial charge in [0, 0.05) is 18.7 Å². The van der Waals surface area contributed by atoms with Crippen molar-refractivity contribution >= 4 is 32.6 Å². The Balaban J connectivity index is 1.60. The maximum absolute atomic E-state index is 13.7. The van der Waals surface area contributed by atoms with Gasteiger partial charge in [0.2, 0.25) is 5.91 Å². The van der Waals surface area contributed by atoms with Crippen LogP contribution in [-0.2, 0) is 4.79 Å². The lowest BCUT2D eigenvalue weighted by Gasteiger charge is -2.45. The Bertz CT molecular complexity index is 739. The molecule has 116 valence electrons. The van der Waals surface area contributed by atoms with Gasteiger partial charge in [0.25, 0.3) is 0 Å². The molecule has 1 saturated carbocycles. The second-order valence-electron chi connectivity index (χ2n) is 6.14. The van der Waals surface area contributed by atoms with E-state index in [0.717, 1.165) is 43.1 Å². The third-order valence-electron chi connectivity index (χ3n) is 4.79. The van der Waals surface area contributed by atoms with Crippen LogP contribution in [0.25, 0.3) is 10.2 Å². The fourth-order valence-corrected chi connectivity index (χ4v) is 4.34. The number of nitrogens with one attached hydrogen (secondary N) is 2. The SMILES string of the molecule is O=C(Nc1nc2c(F)cc(F)cc2s1)C12CCC(CC1)NC2. The molecule has 0 radical (unpaired) electrons. The number of amides is 1. The van der Waals surface area contributed by atoms with E-state index in [1.807, 2.05) is 0 Å². The van der Waals surface area contributed by atoms with Crippen LogP contribution in [0.15, 0.2) is 12.1 Å². The van der Waals surface area contributed by atoms with E-state index in [1.54, 1.807) is 0 Å². The molecule has 1 aliphatic carbocycles. The summed E-state index contributed by atoms with van der Waals surface area (Å²) in [4.78, 5) is 16.7. The zero-order valence-corrected chi connectivity index (χ0v) is 12.6. The zero-order chi connectivity index (χ0) is 15.3. The standard InChI is InChI=1S/C15H15F2N3OS/c16-8-5-10(17)12-11(6-8)22-14(19-12)20-13(21)15-3-1-9(2-4-15)18-7-15/h5-6,9,18H,1-4,7H2,(H,19,20,21). The van der Waals surface area contributed by atoms with Gasteiger partial charge in [-0.15, -0.1) is 0 Å². The molecule has 3 fully saturated rings. The van der Waals surface area contributed by atoms with Crippen molar-refractivity contribution in [3.8, 4) is 0 Å². The number of aromatic nitrogens is 1. The molecule has 5 rings (SSSR count). The topological polar surface area (TPSA) is 54.0 Å². The van der Waals surface area contributed by atoms with Crippen LogP contribution >= 0.6 is 11.3 Å². The molecule has 0 atom stereocenters. The van der Waals surface area contributed by atoms with Crippen molar-refractivity contribution in [1.29, 1.82) is 0 Å². The summed E-state index contributed by atoms with van der Waals surface area (Å²) >= 11 is 1.10. The summed E-state index contributed by atoms with van der Waals surface area (Å²) in [5.41, 5.74) is -0.291. The third kappa shape index (κ3) is 2.19. The van der Waals surface area contributed by atoms with Gasteiger partial charge in [0.1, 0.15) is 11.3 Å². The molecule has 3 heterocycles. The second-order valence-corrected chi connectivity index (χ2v) is 7.17. The molecule has 4 nitrogen and oxygen atoms in total. The van der Waals surface area contributed by atoms with Crippen LogP contribution in [0, 0.1) is 17.0 Å². The predicted octanol–water partition coefficient (Wildman–Crippen LogP) is 3.05. The lowest BCUT2D eigenvalue weighted by atomic mass is 9.68. The average Bonchev–Trinajstić information content (AvgIpc) is 2.92. The number of thiazole rings is 1. The highest BCUT2D eigenvalue weighted by atomic mass is 32.1. The van der Waals surface area contributed by atoms with Crippen LogP contribution in [0.4, 0.5) is 13.9 Å². The molecule has 7 heteroatoms. The largest absolute Gasteiger partial charge is 0.313 e. The molecular weight excluding hydrogens is 308 g/mol. The first-order valence-corrected chi connectivity index (χ1v) is 8.18. The summed E-state index contributed by atoms with van der Waals surface area (Å²) in [6, 6.07) is 2.57. The summed E-state index contributed by atoms with van der Waals surface area (Å²) < 4.78 is 27.3. The summed E-state index contributed by atoms with van der Waals surface area (Å²) in [5, 5.41) is 6.51. The molecule has 1 aromatic carbocycles. The maximum atomic E-state index is 13.7. The van der Waals surface area contributed by atoms with Gasteiger partial charge in [-0.3, -0.25) is 4.79 Å². The summed E-state index contributed by atoms with van der Waals surface area (Å²) in [6.45, 7) is 0.678. The normalized spacial score (nSPS) is 27.3. The lowest BCUT2D eigenvalue weighted by Crippen LogP contribution is -2.56. The monoisotopic (exact) mass is 323 g/mol. The number of anilines is 1. The van der Waals surface area contributed by atoms with Crippen LogP contribution in [0.2, 0.25) is 0 Å². The van der Waals surface area contributed by atoms with Gasteiger partial charge in [-0.05, 0) is 31.7 Å². The van der Waals surface area contributed by atoms with Crippen LogP contribution in [-0.4, -0.2) is 23.5 Å². The van der Waals surface area contributed by atoms with E-state index in [4.69, 9.17) is 0 Å². The number of hydrogen-bond donors (Lipinski definition) is 2. The summed E-state index contributed by atoms with van der Waals surface area (Å²) in [7, 11) is 0. The second kappa shape index (κ2) is 4.96. The summed E-state index contributed by atoms with van der Waals surface area (Å²) in [6.07, 6.45) is 3.75. The molecule has 2 saturated heterocycles. The highest BCUT2D eigenvalue weighted by Crippen LogP contribution is 2.41. The van der Waals surface area contributed by atoms with E-state index in [0.29, 0.717) is 22.4 Å². The Labute approximate surface area is 129 Å². The van der Waals surface area contributed by atoms with Gasteiger partial charge in [-0.25, -0.2) is 13.8 Å². The van der Waals surface area contributed by atoms with Crippen LogP contribution in [0.3, 0.4) is 0 Å². The first-order chi connectivity index (χ1) is 10.6. The van der Waals surface area contributed by atoms with Gasteiger partial charge < -0.3 is 10.6 Å². The fraction of sp³-hybridized carbons (Fsp3) is 0.467. The highest BCUT2D eigenvalue weighted by molar-refractivity contribution is 7.22. The van der Waals surface area contributed by atoms with Crippen LogP contribution < -0.4 is 10.6 Å². The van der Waals surface area contributed by atoms with Gasteiger partial charge in [-0.1, -0.05) is 11.3 Å². The van der Waals surface area contributed by atoms with E-state index in [1.165, 1.54) is 6.07 Å². The lowest BCUT2D eigenvalue weighted by molar-refractivity contribution is -0.129. The number of benzene rings is 1. The summed E-state index contributed by atoms with van der Waals surface area (Å²) in [5.74, 6) is -1.41. The van der Waals surface area contributed by atoms with Crippen molar-refractivity contribution < 1.29 is 13.6 Å². The van der Waals surface area contributed by atoms with Crippen molar-refractivity contribution in [3.63, 3.8) is 0 Å². The van der Waals surface area contributed by atoms with E-state index >= 15 is 0 Å². The smallest absolute Gasteiger partial charge is 0.233 e. The molecule has 2 bridgehead atoms. The molecule has 0 spiro atoms. The minimum Gasteiger partial charge on any atom is -0.313 e. The number of fused-ring (bicyclic) bond motifs is 4. The molecule has 2 aliphatic heterocycles. The Morgan fingerprint density at radius 3 is 2.82 bits per heavy atom. The Morgan fingerprint density at radius 1 is 1.36 bits per heavy atom. The van der Waals surface area contributed by atoms with Crippen molar-refractivity contribution in [2.45, 2.75) is 31.7 Å². The average molecular weight is 323 g/mol. The number of carbonyl (C=O) groups excluding carboxylic acids is 1. The van der Waals surface area contributed by atoms with Crippen molar-refractivity contribution in [3.05, 3.63) is 23.8 Å². The van der Waals surface area contributed by atoms with E-state index in [9.17, 15) is 13.6 Å². The van der Waals surface area contributed by atoms with Gasteiger partial charge in [0.15, 0.2) is 10.9 Å². The number of carbonyl (C=O) groups is 1. The molecule has 2 N–H and O–H groups in total. The molecule has 2 aromatic rings. The highest BCUT2D eigenvalue weighted by Gasteiger charge is 2.45. The molecular formula is C15H15F2N3OS. The molecule has 1 aromatic heterocycles. The van der Waals surface area contributed by atoms with Gasteiger partial charge >= 0.3 is 0 Å². The van der Waals surface area contributed by atoms with E-state index in [-0.39, 0.29) is 11.4 Å². The number of rotatable bonds is 2. The molecule has 3 aliphatic rings. The minimum atomic E-state index is -0.704. The molecule has 0 unspecified atom stereocenters. The van der Waals surface area contributed by atoms with Crippen molar-refractivity contribution in [2.24, 2.45) is 5.41 Å². The van der Waals surface area contributed by atoms with Crippen molar-refractivity contribution in [2.75, 3.05) is 11.9 Å². The molecule has 1 amide bonds. The van der Waals surface area contributed by atoms with Crippen molar-refractivity contribution in [1.82, 2.24) is 10.3 Å². The molecule has 22 heavy (non-hydrogen) atoms. The van der Waals surface area contributed by atoms with Gasteiger partial charge in [0.05, 0.1) is 10.1 Å². The Morgan fingerprint density at radius 2 is 2.14 bits per heavy atom. The quantitative estimate of drug-likeness (QED) is 0.893. The first kappa shape index (κ1) is 14.0. The fourth-order valence-electron chi connectivity index (χ4n) is 3.44. The van der Waals surface area contributed by atoms with E-state index < -0.39 is 17.0 Å². The Hall–Kier alpha value is -1.60. The van der Waals surface area contributed by atoms with E-state index in [2.05, 4.69) is 15.6 Å². The maximum Gasteiger partial charge on any atom is 0.233 e. The Kier molecular flexibility index (Phi) is 3.16. The number of hydrogen-bond acceptors (Lipinski definition) is 4. The minimum absolute atomic E-state index is 0.0712. The van der Waals surface area contributed by atoms with Crippen LogP contribution in [0.1, 0.15) is 25.7 Å². The third-order valence-corrected chi connectivity index (χ3v) is 5.70. The number of piperidine rings is 2. The van der Waals surface area contributed by atoms with Crippen LogP contribution in [0.5, 0.6) is 0 Å². The zero-order valence-electron chi connectivity index (χ0n) is 11.8. The van der Waals surface area contributed by atoms with Gasteiger partial charge in [-0.2, -0.15) is 0 Å². The number of halogens is 2.